The highest BCUT2D eigenvalue weighted by molar-refractivity contribution is 6.34. The summed E-state index contributed by atoms with van der Waals surface area (Å²) in [7, 11) is 2.15. The maximum Gasteiger partial charge on any atom is 0.223 e. The first-order chi connectivity index (χ1) is 13.5. The number of anilines is 1. The van der Waals surface area contributed by atoms with E-state index in [0.717, 1.165) is 55.0 Å². The lowest BCUT2D eigenvalue weighted by Gasteiger charge is -2.28. The van der Waals surface area contributed by atoms with Gasteiger partial charge in [0.2, 0.25) is 5.91 Å². The molecule has 4 N–H and O–H groups in total. The molecule has 7 nitrogen and oxygen atoms in total. The number of rotatable bonds is 4. The van der Waals surface area contributed by atoms with Crippen molar-refractivity contribution in [3.05, 3.63) is 29.2 Å². The van der Waals surface area contributed by atoms with Crippen LogP contribution in [0.5, 0.6) is 0 Å². The van der Waals surface area contributed by atoms with Crippen LogP contribution < -0.4 is 11.1 Å². The Bertz CT molecular complexity index is 948. The zero-order valence-electron chi connectivity index (χ0n) is 15.9. The standard InChI is InChI=1S/C20H25ClN6O/c1-27-6-4-10(5-7-27)19-25-17-16(13(21)9-23-20(17)26-19)24-15-12-3-2-11(8-12)14(15)18(22)28/h2-3,9-12,14-15H,4-8H2,1H3,(H2,22,28)(H2,23,24,25,26)/t11-,12+,14+,15-/m1/s1. The number of hydrogen-bond acceptors (Lipinski definition) is 5. The molecule has 2 bridgehead atoms. The van der Waals surface area contributed by atoms with Gasteiger partial charge in [0.1, 0.15) is 11.3 Å². The number of aromatic nitrogens is 3. The minimum absolute atomic E-state index is 0.0564. The van der Waals surface area contributed by atoms with Gasteiger partial charge in [-0.25, -0.2) is 9.97 Å². The highest BCUT2D eigenvalue weighted by atomic mass is 35.5. The predicted octanol–water partition coefficient (Wildman–Crippen LogP) is 2.51. The third-order valence-electron chi connectivity index (χ3n) is 6.69. The zero-order valence-corrected chi connectivity index (χ0v) is 16.6. The number of hydrogen-bond donors (Lipinski definition) is 3. The summed E-state index contributed by atoms with van der Waals surface area (Å²) in [6.45, 7) is 2.14. The summed E-state index contributed by atoms with van der Waals surface area (Å²) >= 11 is 6.51. The fourth-order valence-corrected chi connectivity index (χ4v) is 5.33. The Morgan fingerprint density at radius 3 is 2.82 bits per heavy atom. The predicted molar refractivity (Wildman–Crippen MR) is 109 cm³/mol. The molecule has 28 heavy (non-hydrogen) atoms. The van der Waals surface area contributed by atoms with E-state index in [0.29, 0.717) is 10.9 Å². The molecular formula is C20H25ClN6O. The van der Waals surface area contributed by atoms with Gasteiger partial charge in [-0.05, 0) is 51.2 Å². The summed E-state index contributed by atoms with van der Waals surface area (Å²) < 4.78 is 0. The van der Waals surface area contributed by atoms with Gasteiger partial charge in [0.05, 0.1) is 22.8 Å². The number of halogens is 1. The topological polar surface area (TPSA) is 99.9 Å². The van der Waals surface area contributed by atoms with Crippen LogP contribution in [0.2, 0.25) is 5.02 Å². The van der Waals surface area contributed by atoms with Crippen molar-refractivity contribution < 1.29 is 4.79 Å². The van der Waals surface area contributed by atoms with E-state index in [4.69, 9.17) is 22.3 Å². The molecule has 148 valence electrons. The van der Waals surface area contributed by atoms with E-state index in [2.05, 4.69) is 39.4 Å². The summed E-state index contributed by atoms with van der Waals surface area (Å²) in [5.41, 5.74) is 7.94. The number of amides is 1. The lowest BCUT2D eigenvalue weighted by Crippen LogP contribution is -2.41. The van der Waals surface area contributed by atoms with E-state index in [1.165, 1.54) is 0 Å². The molecule has 3 aliphatic rings. The Hall–Kier alpha value is -2.12. The van der Waals surface area contributed by atoms with Crippen LogP contribution in [-0.4, -0.2) is 51.9 Å². The summed E-state index contributed by atoms with van der Waals surface area (Å²) in [5, 5.41) is 4.04. The number of allylic oxidation sites excluding steroid dienone is 1. The number of imidazole rings is 1. The molecule has 8 heteroatoms. The van der Waals surface area contributed by atoms with Gasteiger partial charge in [0.15, 0.2) is 5.65 Å². The third kappa shape index (κ3) is 2.88. The van der Waals surface area contributed by atoms with E-state index in [9.17, 15) is 4.79 Å². The molecule has 4 atom stereocenters. The van der Waals surface area contributed by atoms with Gasteiger partial charge in [-0.15, -0.1) is 0 Å². The summed E-state index contributed by atoms with van der Waals surface area (Å²) in [4.78, 5) is 27.1. The minimum Gasteiger partial charge on any atom is -0.378 e. The van der Waals surface area contributed by atoms with Gasteiger partial charge in [0, 0.05) is 12.0 Å². The number of nitrogens with two attached hydrogens (primary N) is 1. The molecule has 5 rings (SSSR count). The molecular weight excluding hydrogens is 376 g/mol. The monoisotopic (exact) mass is 400 g/mol. The average molecular weight is 401 g/mol. The maximum atomic E-state index is 12.1. The van der Waals surface area contributed by atoms with E-state index in [1.54, 1.807) is 6.20 Å². The molecule has 2 aliphatic carbocycles. The second-order valence-electron chi connectivity index (χ2n) is 8.42. The molecule has 0 radical (unpaired) electrons. The normalized spacial score (nSPS) is 30.4. The molecule has 1 amide bonds. The number of carbonyl (C=O) groups excluding carboxylic acids is 1. The number of pyridine rings is 1. The van der Waals surface area contributed by atoms with E-state index < -0.39 is 0 Å². The SMILES string of the molecule is CN1CCC(c2nc3c(N[C@H]4[C@@H](C(N)=O)[C@@H]5C=C[C@H]4C5)c(Cl)cnc3[nH]2)CC1. The van der Waals surface area contributed by atoms with E-state index in [-0.39, 0.29) is 29.7 Å². The maximum absolute atomic E-state index is 12.1. The van der Waals surface area contributed by atoms with Gasteiger partial charge >= 0.3 is 0 Å². The lowest BCUT2D eigenvalue weighted by atomic mass is 9.88. The smallest absolute Gasteiger partial charge is 0.223 e. The first-order valence-electron chi connectivity index (χ1n) is 9.98. The lowest BCUT2D eigenvalue weighted by molar-refractivity contribution is -0.122. The van der Waals surface area contributed by atoms with Crippen LogP contribution >= 0.6 is 11.6 Å². The van der Waals surface area contributed by atoms with Crippen LogP contribution in [-0.2, 0) is 4.79 Å². The second-order valence-corrected chi connectivity index (χ2v) is 8.83. The molecule has 0 spiro atoms. The number of primary amides is 1. The molecule has 3 heterocycles. The van der Waals surface area contributed by atoms with Crippen LogP contribution in [0.1, 0.15) is 31.0 Å². The molecule has 0 unspecified atom stereocenters. The van der Waals surface area contributed by atoms with E-state index in [1.807, 2.05) is 0 Å². The van der Waals surface area contributed by atoms with Crippen molar-refractivity contribution in [3.8, 4) is 0 Å². The van der Waals surface area contributed by atoms with Crippen molar-refractivity contribution in [2.75, 3.05) is 25.5 Å². The summed E-state index contributed by atoms with van der Waals surface area (Å²) in [6.07, 6.45) is 9.06. The van der Waals surface area contributed by atoms with Gasteiger partial charge in [-0.2, -0.15) is 0 Å². The Morgan fingerprint density at radius 2 is 2.07 bits per heavy atom. The fraction of sp³-hybridized carbons (Fsp3) is 0.550. The average Bonchev–Trinajstić information content (AvgIpc) is 3.38. The Balaban J connectivity index is 1.48. The van der Waals surface area contributed by atoms with Crippen molar-refractivity contribution in [2.24, 2.45) is 23.5 Å². The van der Waals surface area contributed by atoms with E-state index >= 15 is 0 Å². The van der Waals surface area contributed by atoms with Crippen LogP contribution in [0.4, 0.5) is 5.69 Å². The van der Waals surface area contributed by atoms with Gasteiger partial charge in [-0.1, -0.05) is 23.8 Å². The highest BCUT2D eigenvalue weighted by Crippen LogP contribution is 2.46. The quantitative estimate of drug-likeness (QED) is 0.685. The van der Waals surface area contributed by atoms with Crippen molar-refractivity contribution in [3.63, 3.8) is 0 Å². The molecule has 2 fully saturated rings. The van der Waals surface area contributed by atoms with Crippen LogP contribution in [0.25, 0.3) is 11.2 Å². The molecule has 0 aromatic carbocycles. The van der Waals surface area contributed by atoms with Gasteiger partial charge in [0.25, 0.3) is 0 Å². The zero-order chi connectivity index (χ0) is 19.4. The van der Waals surface area contributed by atoms with Crippen LogP contribution in [0, 0.1) is 17.8 Å². The summed E-state index contributed by atoms with van der Waals surface area (Å²) in [5.74, 6) is 1.39. The number of piperidine rings is 1. The first kappa shape index (κ1) is 17.9. The largest absolute Gasteiger partial charge is 0.378 e. The van der Waals surface area contributed by atoms with Crippen molar-refractivity contribution in [1.29, 1.82) is 0 Å². The number of H-pyrrole nitrogens is 1. The van der Waals surface area contributed by atoms with Crippen molar-refractivity contribution in [1.82, 2.24) is 19.9 Å². The minimum atomic E-state index is -0.259. The molecule has 1 saturated carbocycles. The Labute approximate surface area is 168 Å². The van der Waals surface area contributed by atoms with Gasteiger partial charge < -0.3 is 20.9 Å². The molecule has 2 aromatic heterocycles. The molecule has 1 aliphatic heterocycles. The summed E-state index contributed by atoms with van der Waals surface area (Å²) in [6, 6.07) is -0.0564. The second kappa shape index (κ2) is 6.74. The number of fused-ring (bicyclic) bond motifs is 3. The number of nitrogens with one attached hydrogen (secondary N) is 2. The number of nitrogens with zero attached hydrogens (tertiary/aromatic N) is 3. The Morgan fingerprint density at radius 1 is 1.32 bits per heavy atom. The number of aromatic amines is 1. The molecule has 1 saturated heterocycles. The van der Waals surface area contributed by atoms with Crippen molar-refractivity contribution in [2.45, 2.75) is 31.2 Å². The molecule has 2 aromatic rings. The fourth-order valence-electron chi connectivity index (χ4n) is 5.13. The number of likely N-dealkylation sites (tertiary alicyclic amines) is 1. The Kier molecular flexibility index (Phi) is 4.32. The highest BCUT2D eigenvalue weighted by Gasteiger charge is 2.47. The first-order valence-corrected chi connectivity index (χ1v) is 10.4. The van der Waals surface area contributed by atoms with Gasteiger partial charge in [-0.3, -0.25) is 4.79 Å². The van der Waals surface area contributed by atoms with Crippen LogP contribution in [0.15, 0.2) is 18.3 Å². The van der Waals surface area contributed by atoms with Crippen molar-refractivity contribution >= 4 is 34.4 Å². The third-order valence-corrected chi connectivity index (χ3v) is 6.98. The van der Waals surface area contributed by atoms with Crippen LogP contribution in [0.3, 0.4) is 0 Å². The number of carbonyl (C=O) groups is 1.